The van der Waals surface area contributed by atoms with Crippen molar-refractivity contribution in [1.29, 1.82) is 0 Å². The first-order valence-electron chi connectivity index (χ1n) is 6.42. The average Bonchev–Trinajstić information content (AvgIpc) is 2.38. The molecule has 0 aliphatic carbocycles. The molecule has 1 aromatic rings. The Labute approximate surface area is 112 Å². The number of anilines is 2. The Morgan fingerprint density at radius 2 is 2.26 bits per heavy atom. The van der Waals surface area contributed by atoms with Crippen LogP contribution in [0.1, 0.15) is 13.8 Å². The van der Waals surface area contributed by atoms with Crippen LogP contribution in [0.2, 0.25) is 0 Å². The van der Waals surface area contributed by atoms with Crippen molar-refractivity contribution in [2.45, 2.75) is 19.9 Å². The normalized spacial score (nSPS) is 20.5. The third-order valence-electron chi connectivity index (χ3n) is 3.58. The van der Waals surface area contributed by atoms with E-state index in [1.807, 2.05) is 0 Å². The number of piperazine rings is 1. The van der Waals surface area contributed by atoms with Crippen LogP contribution in [0.4, 0.5) is 17.3 Å². The van der Waals surface area contributed by atoms with Crippen LogP contribution in [-0.4, -0.2) is 47.0 Å². The van der Waals surface area contributed by atoms with Gasteiger partial charge in [0.1, 0.15) is 5.82 Å². The van der Waals surface area contributed by atoms with E-state index in [0.29, 0.717) is 11.9 Å². The third-order valence-corrected chi connectivity index (χ3v) is 3.58. The summed E-state index contributed by atoms with van der Waals surface area (Å²) in [5.41, 5.74) is 5.49. The lowest BCUT2D eigenvalue weighted by Gasteiger charge is -2.39. The van der Waals surface area contributed by atoms with Gasteiger partial charge in [-0.05, 0) is 19.5 Å². The van der Waals surface area contributed by atoms with Crippen LogP contribution in [0.15, 0.2) is 12.1 Å². The molecular formula is C12H19N5O2. The monoisotopic (exact) mass is 265 g/mol. The molecule has 0 radical (unpaired) electrons. The molecule has 0 aromatic carbocycles. The molecule has 1 unspecified atom stereocenters. The molecule has 1 aromatic heterocycles. The number of likely N-dealkylation sites (N-methyl/N-ethyl adjacent to an activating group) is 1. The van der Waals surface area contributed by atoms with E-state index in [9.17, 15) is 10.1 Å². The van der Waals surface area contributed by atoms with Gasteiger partial charge in [0.15, 0.2) is 0 Å². The van der Waals surface area contributed by atoms with E-state index in [2.05, 4.69) is 28.6 Å². The predicted octanol–water partition coefficient (Wildman–Crippen LogP) is 1.10. The molecule has 1 fully saturated rings. The summed E-state index contributed by atoms with van der Waals surface area (Å²) in [6.07, 6.45) is 0. The molecule has 1 atom stereocenters. The molecule has 1 aliphatic heterocycles. The van der Waals surface area contributed by atoms with Crippen molar-refractivity contribution in [3.05, 3.63) is 22.2 Å². The second kappa shape index (κ2) is 5.40. The van der Waals surface area contributed by atoms with Crippen molar-refractivity contribution in [3.63, 3.8) is 0 Å². The molecule has 0 amide bonds. The van der Waals surface area contributed by atoms with Crippen LogP contribution in [0.25, 0.3) is 0 Å². The van der Waals surface area contributed by atoms with Gasteiger partial charge in [-0.25, -0.2) is 4.98 Å². The topological polar surface area (TPSA) is 88.5 Å². The molecule has 104 valence electrons. The summed E-state index contributed by atoms with van der Waals surface area (Å²) in [7, 11) is 0. The molecule has 0 spiro atoms. The van der Waals surface area contributed by atoms with E-state index in [4.69, 9.17) is 5.73 Å². The van der Waals surface area contributed by atoms with Gasteiger partial charge in [-0.2, -0.15) is 0 Å². The number of nitrogen functional groups attached to an aromatic ring is 1. The molecule has 0 saturated carbocycles. The molecule has 2 heterocycles. The zero-order valence-corrected chi connectivity index (χ0v) is 11.2. The van der Waals surface area contributed by atoms with Gasteiger partial charge in [-0.15, -0.1) is 0 Å². The minimum absolute atomic E-state index is 0.0203. The number of nitrogens with zero attached hydrogens (tertiary/aromatic N) is 4. The van der Waals surface area contributed by atoms with Gasteiger partial charge in [0.2, 0.25) is 5.82 Å². The number of hydrogen-bond donors (Lipinski definition) is 1. The maximum Gasteiger partial charge on any atom is 0.311 e. The minimum Gasteiger partial charge on any atom is -0.378 e. The summed E-state index contributed by atoms with van der Waals surface area (Å²) in [6.45, 7) is 8.04. The Balaban J connectivity index is 2.15. The van der Waals surface area contributed by atoms with Crippen LogP contribution < -0.4 is 10.6 Å². The minimum atomic E-state index is -0.510. The first-order chi connectivity index (χ1) is 9.02. The van der Waals surface area contributed by atoms with Crippen molar-refractivity contribution in [3.8, 4) is 0 Å². The van der Waals surface area contributed by atoms with Crippen molar-refractivity contribution in [2.75, 3.05) is 36.8 Å². The summed E-state index contributed by atoms with van der Waals surface area (Å²) < 4.78 is 0. The van der Waals surface area contributed by atoms with Gasteiger partial charge in [-0.3, -0.25) is 15.0 Å². The Morgan fingerprint density at radius 3 is 2.79 bits per heavy atom. The Morgan fingerprint density at radius 1 is 1.53 bits per heavy atom. The maximum atomic E-state index is 10.7. The van der Waals surface area contributed by atoms with Crippen LogP contribution in [-0.2, 0) is 0 Å². The highest BCUT2D eigenvalue weighted by Crippen LogP contribution is 2.24. The molecule has 19 heavy (non-hydrogen) atoms. The lowest BCUT2D eigenvalue weighted by atomic mass is 10.2. The SMILES string of the molecule is CCN1CCN(c2ccc([N+](=O)[O-])c(N)n2)CC1C. The van der Waals surface area contributed by atoms with Crippen molar-refractivity contribution < 1.29 is 4.92 Å². The lowest BCUT2D eigenvalue weighted by Crippen LogP contribution is -2.52. The smallest absolute Gasteiger partial charge is 0.311 e. The number of nitro groups is 1. The van der Waals surface area contributed by atoms with Crippen LogP contribution in [0, 0.1) is 10.1 Å². The summed E-state index contributed by atoms with van der Waals surface area (Å²) in [5, 5.41) is 10.7. The Bertz CT molecular complexity index is 479. The highest BCUT2D eigenvalue weighted by molar-refractivity contribution is 5.58. The maximum absolute atomic E-state index is 10.7. The van der Waals surface area contributed by atoms with E-state index in [-0.39, 0.29) is 11.5 Å². The summed E-state index contributed by atoms with van der Waals surface area (Å²) in [5.74, 6) is 0.693. The zero-order valence-electron chi connectivity index (χ0n) is 11.2. The number of pyridine rings is 1. The van der Waals surface area contributed by atoms with E-state index in [1.54, 1.807) is 6.07 Å². The Hall–Kier alpha value is -1.89. The highest BCUT2D eigenvalue weighted by atomic mass is 16.6. The van der Waals surface area contributed by atoms with E-state index in [0.717, 1.165) is 26.2 Å². The van der Waals surface area contributed by atoms with E-state index in [1.165, 1.54) is 6.07 Å². The van der Waals surface area contributed by atoms with E-state index >= 15 is 0 Å². The van der Waals surface area contributed by atoms with Crippen molar-refractivity contribution in [2.24, 2.45) is 0 Å². The third kappa shape index (κ3) is 2.76. The van der Waals surface area contributed by atoms with Gasteiger partial charge in [0.25, 0.3) is 0 Å². The van der Waals surface area contributed by atoms with Gasteiger partial charge in [0.05, 0.1) is 4.92 Å². The lowest BCUT2D eigenvalue weighted by molar-refractivity contribution is -0.384. The molecule has 2 rings (SSSR count). The van der Waals surface area contributed by atoms with Crippen LogP contribution in [0.3, 0.4) is 0 Å². The molecule has 2 N–H and O–H groups in total. The second-order valence-electron chi connectivity index (χ2n) is 4.75. The van der Waals surface area contributed by atoms with Gasteiger partial charge < -0.3 is 10.6 Å². The number of nitrogens with two attached hydrogens (primary N) is 1. The Kier molecular flexibility index (Phi) is 3.84. The number of aromatic nitrogens is 1. The molecule has 1 aliphatic rings. The van der Waals surface area contributed by atoms with Gasteiger partial charge in [0, 0.05) is 31.7 Å². The first-order valence-corrected chi connectivity index (χ1v) is 6.42. The standard InChI is InChI=1S/C12H19N5O2/c1-3-15-6-7-16(8-9(15)2)11-5-4-10(17(18)19)12(13)14-11/h4-5,9H,3,6-8H2,1-2H3,(H2,13,14). The fraction of sp³-hybridized carbons (Fsp3) is 0.583. The predicted molar refractivity (Wildman–Crippen MR) is 74.2 cm³/mol. The highest BCUT2D eigenvalue weighted by Gasteiger charge is 2.24. The fourth-order valence-electron chi connectivity index (χ4n) is 2.46. The molecule has 7 heteroatoms. The second-order valence-corrected chi connectivity index (χ2v) is 4.75. The molecule has 0 bridgehead atoms. The molecule has 7 nitrogen and oxygen atoms in total. The fourth-order valence-corrected chi connectivity index (χ4v) is 2.46. The molecule has 1 saturated heterocycles. The zero-order chi connectivity index (χ0) is 14.0. The van der Waals surface area contributed by atoms with Crippen LogP contribution in [0.5, 0.6) is 0 Å². The van der Waals surface area contributed by atoms with E-state index < -0.39 is 4.92 Å². The molecular weight excluding hydrogens is 246 g/mol. The van der Waals surface area contributed by atoms with Crippen molar-refractivity contribution in [1.82, 2.24) is 9.88 Å². The quantitative estimate of drug-likeness (QED) is 0.650. The van der Waals surface area contributed by atoms with Gasteiger partial charge >= 0.3 is 5.69 Å². The summed E-state index contributed by atoms with van der Waals surface area (Å²) in [6, 6.07) is 3.54. The number of rotatable bonds is 3. The van der Waals surface area contributed by atoms with Crippen LogP contribution >= 0.6 is 0 Å². The van der Waals surface area contributed by atoms with Gasteiger partial charge in [-0.1, -0.05) is 6.92 Å². The number of hydrogen-bond acceptors (Lipinski definition) is 6. The summed E-state index contributed by atoms with van der Waals surface area (Å²) in [4.78, 5) is 18.9. The average molecular weight is 265 g/mol. The van der Waals surface area contributed by atoms with Crippen molar-refractivity contribution >= 4 is 17.3 Å². The summed E-state index contributed by atoms with van der Waals surface area (Å²) >= 11 is 0. The largest absolute Gasteiger partial charge is 0.378 e. The first kappa shape index (κ1) is 13.5.